The molecule has 0 radical (unpaired) electrons. The molecule has 1 amide bonds. The summed E-state index contributed by atoms with van der Waals surface area (Å²) in [5.74, 6) is 1.15. The number of carbonyl (C=O) groups is 1. The zero-order valence-electron chi connectivity index (χ0n) is 15.2. The second kappa shape index (κ2) is 6.74. The second-order valence-corrected chi connectivity index (χ2v) is 7.14. The highest BCUT2D eigenvalue weighted by molar-refractivity contribution is 5.69. The average molecular weight is 344 g/mol. The number of aryl methyl sites for hydroxylation is 1. The Morgan fingerprint density at radius 1 is 1.12 bits per heavy atom. The van der Waals surface area contributed by atoms with E-state index in [2.05, 4.69) is 15.0 Å². The Morgan fingerprint density at radius 2 is 1.76 bits per heavy atom. The van der Waals surface area contributed by atoms with Gasteiger partial charge in [0.05, 0.1) is 0 Å². The standard InChI is InChI=1S/C18H24N4O3/c1-13-19-16(20-25-13)14-5-7-15(8-6-14)21-9-11-22(12-10-21)17(23)24-18(2,3)4/h5-8H,9-12H2,1-4H3. The van der Waals surface area contributed by atoms with Gasteiger partial charge in [-0.2, -0.15) is 4.98 Å². The summed E-state index contributed by atoms with van der Waals surface area (Å²) >= 11 is 0. The number of aromatic nitrogens is 2. The fourth-order valence-corrected chi connectivity index (χ4v) is 2.71. The van der Waals surface area contributed by atoms with Crippen molar-refractivity contribution < 1.29 is 14.1 Å². The molecule has 1 aromatic heterocycles. The van der Waals surface area contributed by atoms with Crippen LogP contribution in [0.5, 0.6) is 0 Å². The SMILES string of the molecule is Cc1nc(-c2ccc(N3CCN(C(=O)OC(C)(C)C)CC3)cc2)no1. The summed E-state index contributed by atoms with van der Waals surface area (Å²) in [5, 5.41) is 3.93. The molecule has 1 aliphatic heterocycles. The lowest BCUT2D eigenvalue weighted by Gasteiger charge is -2.36. The van der Waals surface area contributed by atoms with Gasteiger partial charge in [-0.25, -0.2) is 4.79 Å². The largest absolute Gasteiger partial charge is 0.444 e. The minimum atomic E-state index is -0.461. The van der Waals surface area contributed by atoms with Crippen LogP contribution in [0.4, 0.5) is 10.5 Å². The Labute approximate surface area is 147 Å². The Bertz CT molecular complexity index is 726. The maximum Gasteiger partial charge on any atom is 0.410 e. The average Bonchev–Trinajstić information content (AvgIpc) is 3.00. The van der Waals surface area contributed by atoms with E-state index in [1.807, 2.05) is 45.0 Å². The first-order valence-corrected chi connectivity index (χ1v) is 8.45. The van der Waals surface area contributed by atoms with Gasteiger partial charge in [0.15, 0.2) is 0 Å². The van der Waals surface area contributed by atoms with Crippen LogP contribution in [-0.4, -0.2) is 52.9 Å². The van der Waals surface area contributed by atoms with E-state index in [0.29, 0.717) is 24.8 Å². The molecule has 7 heteroatoms. The van der Waals surface area contributed by atoms with Crippen molar-refractivity contribution in [3.8, 4) is 11.4 Å². The molecule has 1 aromatic carbocycles. The van der Waals surface area contributed by atoms with E-state index in [1.165, 1.54) is 0 Å². The number of piperazine rings is 1. The highest BCUT2D eigenvalue weighted by Gasteiger charge is 2.25. The molecule has 0 unspecified atom stereocenters. The first kappa shape index (κ1) is 17.3. The van der Waals surface area contributed by atoms with E-state index in [-0.39, 0.29) is 6.09 Å². The van der Waals surface area contributed by atoms with Crippen molar-refractivity contribution in [1.82, 2.24) is 15.0 Å². The van der Waals surface area contributed by atoms with Gasteiger partial charge in [0.1, 0.15) is 5.60 Å². The molecule has 1 aliphatic rings. The number of carbonyl (C=O) groups excluding carboxylic acids is 1. The molecule has 1 fully saturated rings. The molecule has 0 bridgehead atoms. The molecule has 25 heavy (non-hydrogen) atoms. The van der Waals surface area contributed by atoms with Crippen molar-refractivity contribution in [2.24, 2.45) is 0 Å². The van der Waals surface area contributed by atoms with Crippen LogP contribution in [0.1, 0.15) is 26.7 Å². The van der Waals surface area contributed by atoms with Gasteiger partial charge in [0.2, 0.25) is 11.7 Å². The summed E-state index contributed by atoms with van der Waals surface area (Å²) in [5.41, 5.74) is 1.58. The Morgan fingerprint density at radius 3 is 2.28 bits per heavy atom. The first-order chi connectivity index (χ1) is 11.8. The lowest BCUT2D eigenvalue weighted by Crippen LogP contribution is -2.50. The van der Waals surface area contributed by atoms with Crippen LogP contribution >= 0.6 is 0 Å². The molecule has 134 valence electrons. The molecule has 2 aromatic rings. The Balaban J connectivity index is 1.59. The quantitative estimate of drug-likeness (QED) is 0.833. The second-order valence-electron chi connectivity index (χ2n) is 7.14. The summed E-state index contributed by atoms with van der Waals surface area (Å²) in [6.07, 6.45) is -0.241. The van der Waals surface area contributed by atoms with Crippen LogP contribution in [0.15, 0.2) is 28.8 Å². The molecule has 0 atom stereocenters. The number of hydrogen-bond donors (Lipinski definition) is 0. The normalized spacial score (nSPS) is 15.4. The van der Waals surface area contributed by atoms with Crippen molar-refractivity contribution in [1.29, 1.82) is 0 Å². The van der Waals surface area contributed by atoms with Crippen LogP contribution in [0.25, 0.3) is 11.4 Å². The predicted octanol–water partition coefficient (Wildman–Crippen LogP) is 3.10. The van der Waals surface area contributed by atoms with Gasteiger partial charge in [-0.1, -0.05) is 5.16 Å². The lowest BCUT2D eigenvalue weighted by atomic mass is 10.1. The van der Waals surface area contributed by atoms with Crippen LogP contribution < -0.4 is 4.90 Å². The topological polar surface area (TPSA) is 71.7 Å². The molecule has 0 spiro atoms. The number of amides is 1. The predicted molar refractivity (Wildman–Crippen MR) is 94.5 cm³/mol. The molecule has 0 saturated carbocycles. The van der Waals surface area contributed by atoms with Gasteiger partial charge >= 0.3 is 6.09 Å². The van der Waals surface area contributed by atoms with E-state index in [4.69, 9.17) is 9.26 Å². The van der Waals surface area contributed by atoms with Crippen molar-refractivity contribution in [2.75, 3.05) is 31.1 Å². The highest BCUT2D eigenvalue weighted by atomic mass is 16.6. The monoisotopic (exact) mass is 344 g/mol. The fourth-order valence-electron chi connectivity index (χ4n) is 2.71. The molecule has 3 rings (SSSR count). The van der Waals surface area contributed by atoms with E-state index in [0.717, 1.165) is 24.3 Å². The zero-order chi connectivity index (χ0) is 18.0. The molecule has 2 heterocycles. The smallest absolute Gasteiger partial charge is 0.410 e. The number of ether oxygens (including phenoxy) is 1. The third kappa shape index (κ3) is 4.29. The summed E-state index contributed by atoms with van der Waals surface area (Å²) in [7, 11) is 0. The minimum Gasteiger partial charge on any atom is -0.444 e. The summed E-state index contributed by atoms with van der Waals surface area (Å²) < 4.78 is 10.4. The van der Waals surface area contributed by atoms with Gasteiger partial charge in [0, 0.05) is 44.4 Å². The molecule has 0 N–H and O–H groups in total. The van der Waals surface area contributed by atoms with Crippen molar-refractivity contribution in [3.05, 3.63) is 30.2 Å². The maximum absolute atomic E-state index is 12.1. The molecular weight excluding hydrogens is 320 g/mol. The van der Waals surface area contributed by atoms with Gasteiger partial charge in [-0.3, -0.25) is 0 Å². The Hall–Kier alpha value is -2.57. The van der Waals surface area contributed by atoms with Crippen molar-refractivity contribution >= 4 is 11.8 Å². The number of hydrogen-bond acceptors (Lipinski definition) is 6. The number of nitrogens with zero attached hydrogens (tertiary/aromatic N) is 4. The fraction of sp³-hybridized carbons (Fsp3) is 0.500. The molecular formula is C18H24N4O3. The molecule has 0 aliphatic carbocycles. The molecule has 1 saturated heterocycles. The minimum absolute atomic E-state index is 0.241. The lowest BCUT2D eigenvalue weighted by molar-refractivity contribution is 0.0240. The number of rotatable bonds is 2. The van der Waals surface area contributed by atoms with Crippen molar-refractivity contribution in [2.45, 2.75) is 33.3 Å². The summed E-state index contributed by atoms with van der Waals surface area (Å²) in [6, 6.07) is 8.06. The van der Waals surface area contributed by atoms with Gasteiger partial charge in [0.25, 0.3) is 0 Å². The zero-order valence-corrected chi connectivity index (χ0v) is 15.2. The van der Waals surface area contributed by atoms with Crippen LogP contribution in [-0.2, 0) is 4.74 Å². The van der Waals surface area contributed by atoms with Crippen LogP contribution in [0, 0.1) is 6.92 Å². The third-order valence-corrected chi connectivity index (χ3v) is 3.95. The van der Waals surface area contributed by atoms with E-state index in [9.17, 15) is 4.79 Å². The van der Waals surface area contributed by atoms with Crippen LogP contribution in [0.3, 0.4) is 0 Å². The maximum atomic E-state index is 12.1. The van der Waals surface area contributed by atoms with Crippen LogP contribution in [0.2, 0.25) is 0 Å². The van der Waals surface area contributed by atoms with Crippen molar-refractivity contribution in [3.63, 3.8) is 0 Å². The Kier molecular flexibility index (Phi) is 4.65. The first-order valence-electron chi connectivity index (χ1n) is 8.45. The van der Waals surface area contributed by atoms with Gasteiger partial charge in [-0.05, 0) is 45.0 Å². The van der Waals surface area contributed by atoms with E-state index < -0.39 is 5.60 Å². The van der Waals surface area contributed by atoms with Gasteiger partial charge < -0.3 is 19.1 Å². The van der Waals surface area contributed by atoms with Gasteiger partial charge in [-0.15, -0.1) is 0 Å². The number of anilines is 1. The molecule has 7 nitrogen and oxygen atoms in total. The van der Waals surface area contributed by atoms with E-state index in [1.54, 1.807) is 11.8 Å². The van der Waals surface area contributed by atoms with E-state index >= 15 is 0 Å². The number of benzene rings is 1. The summed E-state index contributed by atoms with van der Waals surface area (Å²) in [6.45, 7) is 10.3. The third-order valence-electron chi connectivity index (χ3n) is 3.95. The summed E-state index contributed by atoms with van der Waals surface area (Å²) in [4.78, 5) is 20.4. The highest BCUT2D eigenvalue weighted by Crippen LogP contribution is 2.22.